The molecule has 100 valence electrons. The van der Waals surface area contributed by atoms with Gasteiger partial charge in [0.25, 0.3) is 0 Å². The average Bonchev–Trinajstić information content (AvgIpc) is 2.76. The molecule has 2 N–H and O–H groups in total. The Kier molecular flexibility index (Phi) is 3.24. The van der Waals surface area contributed by atoms with E-state index in [-0.39, 0.29) is 6.04 Å². The molecular formula is C13H21BrN4. The summed E-state index contributed by atoms with van der Waals surface area (Å²) in [5.74, 6) is 0.588. The Morgan fingerprint density at radius 1 is 1.33 bits per heavy atom. The predicted molar refractivity (Wildman–Crippen MR) is 75.1 cm³/mol. The van der Waals surface area contributed by atoms with E-state index >= 15 is 0 Å². The monoisotopic (exact) mass is 312 g/mol. The van der Waals surface area contributed by atoms with Crippen molar-refractivity contribution in [2.24, 2.45) is 18.7 Å². The van der Waals surface area contributed by atoms with Crippen LogP contribution in [-0.4, -0.2) is 33.8 Å². The minimum Gasteiger partial charge on any atom is -0.322 e. The Balaban J connectivity index is 1.80. The van der Waals surface area contributed by atoms with Crippen molar-refractivity contribution in [2.75, 3.05) is 7.05 Å². The lowest BCUT2D eigenvalue weighted by Crippen LogP contribution is -2.43. The summed E-state index contributed by atoms with van der Waals surface area (Å²) in [6.07, 6.45) is 6.99. The van der Waals surface area contributed by atoms with E-state index in [9.17, 15) is 0 Å². The van der Waals surface area contributed by atoms with Crippen LogP contribution < -0.4 is 5.73 Å². The van der Waals surface area contributed by atoms with Crippen LogP contribution in [0.5, 0.6) is 0 Å². The average molecular weight is 313 g/mol. The molecule has 18 heavy (non-hydrogen) atoms. The normalized spacial score (nSPS) is 33.9. The molecule has 3 rings (SSSR count). The molecule has 3 atom stereocenters. The van der Waals surface area contributed by atoms with Gasteiger partial charge in [-0.05, 0) is 54.6 Å². The van der Waals surface area contributed by atoms with Gasteiger partial charge in [0.1, 0.15) is 0 Å². The number of hydrogen-bond acceptors (Lipinski definition) is 3. The van der Waals surface area contributed by atoms with Crippen LogP contribution in [0.2, 0.25) is 0 Å². The summed E-state index contributed by atoms with van der Waals surface area (Å²) >= 11 is 3.57. The summed E-state index contributed by atoms with van der Waals surface area (Å²) in [4.78, 5) is 2.56. The van der Waals surface area contributed by atoms with Crippen molar-refractivity contribution in [3.05, 3.63) is 16.4 Å². The molecule has 1 aromatic rings. The zero-order valence-electron chi connectivity index (χ0n) is 11.0. The Hall–Kier alpha value is -0.390. The summed E-state index contributed by atoms with van der Waals surface area (Å²) in [6.45, 7) is 0. The molecule has 5 heteroatoms. The molecule has 3 unspecified atom stereocenters. The fourth-order valence-corrected chi connectivity index (χ4v) is 4.38. The van der Waals surface area contributed by atoms with Crippen molar-refractivity contribution in [3.8, 4) is 0 Å². The van der Waals surface area contributed by atoms with Crippen molar-refractivity contribution < 1.29 is 0 Å². The first kappa shape index (κ1) is 12.6. The largest absolute Gasteiger partial charge is 0.322 e. The van der Waals surface area contributed by atoms with Gasteiger partial charge in [0, 0.05) is 19.1 Å². The van der Waals surface area contributed by atoms with Crippen LogP contribution in [0.3, 0.4) is 0 Å². The summed E-state index contributed by atoms with van der Waals surface area (Å²) < 4.78 is 2.96. The summed E-state index contributed by atoms with van der Waals surface area (Å²) in [5.41, 5.74) is 7.65. The summed E-state index contributed by atoms with van der Waals surface area (Å²) in [6, 6.07) is 1.59. The van der Waals surface area contributed by atoms with E-state index in [0.29, 0.717) is 5.92 Å². The Morgan fingerprint density at radius 2 is 1.94 bits per heavy atom. The number of fused-ring (bicyclic) bond motifs is 2. The maximum atomic E-state index is 6.50. The topological polar surface area (TPSA) is 47.1 Å². The third kappa shape index (κ3) is 1.92. The second-order valence-corrected chi connectivity index (χ2v) is 6.66. The van der Waals surface area contributed by atoms with Crippen LogP contribution in [-0.2, 0) is 7.05 Å². The van der Waals surface area contributed by atoms with Crippen molar-refractivity contribution in [3.63, 3.8) is 0 Å². The first-order chi connectivity index (χ1) is 8.58. The fraction of sp³-hybridized carbons (Fsp3) is 0.769. The number of hydrogen-bond donors (Lipinski definition) is 1. The molecule has 0 radical (unpaired) electrons. The van der Waals surface area contributed by atoms with E-state index < -0.39 is 0 Å². The highest BCUT2D eigenvalue weighted by Gasteiger charge is 2.41. The number of nitrogens with zero attached hydrogens (tertiary/aromatic N) is 3. The van der Waals surface area contributed by atoms with Crippen LogP contribution in [0.1, 0.15) is 37.4 Å². The zero-order chi connectivity index (χ0) is 12.9. The van der Waals surface area contributed by atoms with Gasteiger partial charge in [-0.2, -0.15) is 5.10 Å². The quantitative estimate of drug-likeness (QED) is 0.909. The van der Waals surface area contributed by atoms with Crippen molar-refractivity contribution in [1.82, 2.24) is 14.7 Å². The van der Waals surface area contributed by atoms with Crippen LogP contribution >= 0.6 is 15.9 Å². The third-order valence-electron chi connectivity index (χ3n) is 4.90. The lowest BCUT2D eigenvalue weighted by atomic mass is 9.84. The van der Waals surface area contributed by atoms with Crippen LogP contribution in [0.4, 0.5) is 0 Å². The zero-order valence-corrected chi connectivity index (χ0v) is 12.6. The van der Waals surface area contributed by atoms with E-state index in [4.69, 9.17) is 5.73 Å². The van der Waals surface area contributed by atoms with Crippen LogP contribution in [0.25, 0.3) is 0 Å². The Morgan fingerprint density at radius 3 is 2.44 bits per heavy atom. The molecule has 2 bridgehead atoms. The lowest BCUT2D eigenvalue weighted by molar-refractivity contribution is 0.119. The van der Waals surface area contributed by atoms with Gasteiger partial charge in [0.2, 0.25) is 0 Å². The molecule has 0 amide bonds. The molecule has 0 saturated carbocycles. The van der Waals surface area contributed by atoms with Gasteiger partial charge in [-0.15, -0.1) is 0 Å². The van der Waals surface area contributed by atoms with E-state index in [1.54, 1.807) is 0 Å². The molecule has 2 fully saturated rings. The van der Waals surface area contributed by atoms with Gasteiger partial charge >= 0.3 is 0 Å². The number of rotatable bonds is 2. The second kappa shape index (κ2) is 4.62. The summed E-state index contributed by atoms with van der Waals surface area (Å²) in [7, 11) is 4.24. The fourth-order valence-electron chi connectivity index (χ4n) is 3.77. The van der Waals surface area contributed by atoms with E-state index in [1.165, 1.54) is 25.7 Å². The van der Waals surface area contributed by atoms with Gasteiger partial charge in [-0.3, -0.25) is 4.68 Å². The molecule has 0 aliphatic carbocycles. The lowest BCUT2D eigenvalue weighted by Gasteiger charge is -2.38. The third-order valence-corrected chi connectivity index (χ3v) is 5.51. The van der Waals surface area contributed by atoms with Gasteiger partial charge < -0.3 is 10.6 Å². The minimum absolute atomic E-state index is 0.101. The number of halogens is 1. The minimum atomic E-state index is 0.101. The van der Waals surface area contributed by atoms with Crippen molar-refractivity contribution in [2.45, 2.75) is 43.8 Å². The number of aryl methyl sites for hydroxylation is 1. The van der Waals surface area contributed by atoms with Gasteiger partial charge in [0.15, 0.2) is 0 Å². The molecule has 2 aliphatic heterocycles. The molecular weight excluding hydrogens is 292 g/mol. The standard InChI is InChI=1S/C13H21BrN4/c1-17-9-3-4-10(17)6-8(5-9)12(15)13-11(14)7-16-18(13)2/h7-10,12H,3-6,15H2,1-2H3. The van der Waals surface area contributed by atoms with Gasteiger partial charge in [-0.25, -0.2) is 0 Å². The molecule has 4 nitrogen and oxygen atoms in total. The highest BCUT2D eigenvalue weighted by Crippen LogP contribution is 2.42. The summed E-state index contributed by atoms with van der Waals surface area (Å²) in [5, 5.41) is 4.28. The highest BCUT2D eigenvalue weighted by molar-refractivity contribution is 9.10. The van der Waals surface area contributed by atoms with E-state index in [1.807, 2.05) is 17.9 Å². The molecule has 2 aliphatic rings. The van der Waals surface area contributed by atoms with E-state index in [2.05, 4.69) is 33.0 Å². The Labute approximate surface area is 117 Å². The van der Waals surface area contributed by atoms with Gasteiger partial charge in [-0.1, -0.05) is 0 Å². The van der Waals surface area contributed by atoms with Crippen LogP contribution in [0.15, 0.2) is 10.7 Å². The van der Waals surface area contributed by atoms with Crippen molar-refractivity contribution >= 4 is 15.9 Å². The SMILES string of the molecule is CN1C2CCC1CC(C(N)c1c(Br)cnn1C)C2. The van der Waals surface area contributed by atoms with E-state index in [0.717, 1.165) is 22.3 Å². The smallest absolute Gasteiger partial charge is 0.0693 e. The predicted octanol–water partition coefficient (Wildman–Crippen LogP) is 2.06. The highest BCUT2D eigenvalue weighted by atomic mass is 79.9. The van der Waals surface area contributed by atoms with Crippen molar-refractivity contribution in [1.29, 1.82) is 0 Å². The Bertz CT molecular complexity index is 411. The number of nitrogens with two attached hydrogens (primary N) is 1. The second-order valence-electron chi connectivity index (χ2n) is 5.81. The molecule has 1 aromatic heterocycles. The molecule has 0 spiro atoms. The molecule has 2 saturated heterocycles. The molecule has 3 heterocycles. The number of piperidine rings is 1. The maximum Gasteiger partial charge on any atom is 0.0693 e. The molecule has 0 aromatic carbocycles. The van der Waals surface area contributed by atoms with Crippen LogP contribution in [0, 0.1) is 5.92 Å². The van der Waals surface area contributed by atoms with Gasteiger partial charge in [0.05, 0.1) is 22.4 Å². The number of aromatic nitrogens is 2. The first-order valence-electron chi connectivity index (χ1n) is 6.73. The maximum absolute atomic E-state index is 6.50. The first-order valence-corrected chi connectivity index (χ1v) is 7.52.